The summed E-state index contributed by atoms with van der Waals surface area (Å²) in [6.45, 7) is 4.14. The van der Waals surface area contributed by atoms with Gasteiger partial charge in [0.05, 0.1) is 12.3 Å². The molecule has 4 heteroatoms. The first-order chi connectivity index (χ1) is 6.98. The maximum atomic E-state index is 12.9. The molecule has 0 saturated carbocycles. The van der Waals surface area contributed by atoms with Gasteiger partial charge in [0.2, 0.25) is 0 Å². The highest BCUT2D eigenvalue weighted by Gasteiger charge is 2.39. The van der Waals surface area contributed by atoms with Crippen LogP contribution in [-0.4, -0.2) is 21.7 Å². The fourth-order valence-electron chi connectivity index (χ4n) is 2.04. The lowest BCUT2D eigenvalue weighted by Gasteiger charge is -2.46. The van der Waals surface area contributed by atoms with E-state index in [4.69, 9.17) is 0 Å². The minimum Gasteiger partial charge on any atom is -0.387 e. The van der Waals surface area contributed by atoms with Gasteiger partial charge in [-0.25, -0.2) is 4.39 Å². The summed E-state index contributed by atoms with van der Waals surface area (Å²) in [5, 5.41) is 13.2. The van der Waals surface area contributed by atoms with Crippen LogP contribution in [-0.2, 0) is 0 Å². The molecule has 15 heavy (non-hydrogen) atoms. The van der Waals surface area contributed by atoms with Gasteiger partial charge in [0, 0.05) is 23.3 Å². The summed E-state index contributed by atoms with van der Waals surface area (Å²) >= 11 is 0. The number of halogens is 1. The summed E-state index contributed by atoms with van der Waals surface area (Å²) < 4.78 is 12.9. The van der Waals surface area contributed by atoms with Gasteiger partial charge in [-0.1, -0.05) is 0 Å². The van der Waals surface area contributed by atoms with E-state index in [9.17, 15) is 9.50 Å². The number of aliphatic hydroxyl groups is 1. The van der Waals surface area contributed by atoms with E-state index < -0.39 is 11.9 Å². The third-order valence-corrected chi connectivity index (χ3v) is 2.76. The highest BCUT2D eigenvalue weighted by atomic mass is 19.1. The molecule has 3 nitrogen and oxygen atoms in total. The Labute approximate surface area is 88.3 Å². The summed E-state index contributed by atoms with van der Waals surface area (Å²) in [5.41, 5.74) is 0.606. The summed E-state index contributed by atoms with van der Waals surface area (Å²) in [7, 11) is 0. The predicted octanol–water partition coefficient (Wildman–Crippen LogP) is 1.39. The molecule has 0 unspecified atom stereocenters. The number of aromatic nitrogens is 1. The highest BCUT2D eigenvalue weighted by Crippen LogP contribution is 2.31. The van der Waals surface area contributed by atoms with Crippen LogP contribution in [0.5, 0.6) is 0 Å². The minimum atomic E-state index is -0.679. The second-order valence-corrected chi connectivity index (χ2v) is 4.72. The van der Waals surface area contributed by atoms with Crippen molar-refractivity contribution >= 4 is 0 Å². The van der Waals surface area contributed by atoms with E-state index in [1.165, 1.54) is 12.3 Å². The number of hydrogen-bond acceptors (Lipinski definition) is 3. The van der Waals surface area contributed by atoms with Crippen molar-refractivity contribution in [3.8, 4) is 0 Å². The van der Waals surface area contributed by atoms with Crippen molar-refractivity contribution in [3.05, 3.63) is 29.8 Å². The fourth-order valence-corrected chi connectivity index (χ4v) is 2.04. The Morgan fingerprint density at radius 3 is 2.80 bits per heavy atom. The number of hydrogen-bond donors (Lipinski definition) is 2. The SMILES string of the molecule is CC1(C)C[C@@H]([C@@H](O)c2cncc(F)c2)N1. The molecule has 0 bridgehead atoms. The Morgan fingerprint density at radius 2 is 2.27 bits per heavy atom. The van der Waals surface area contributed by atoms with Crippen LogP contribution in [0.4, 0.5) is 4.39 Å². The van der Waals surface area contributed by atoms with Crippen molar-refractivity contribution < 1.29 is 9.50 Å². The maximum Gasteiger partial charge on any atom is 0.141 e. The Hall–Kier alpha value is -1.00. The molecule has 1 aromatic heterocycles. The van der Waals surface area contributed by atoms with Gasteiger partial charge < -0.3 is 10.4 Å². The molecule has 1 fully saturated rings. The molecule has 1 saturated heterocycles. The van der Waals surface area contributed by atoms with Gasteiger partial charge in [-0.2, -0.15) is 0 Å². The van der Waals surface area contributed by atoms with Crippen LogP contribution < -0.4 is 5.32 Å². The van der Waals surface area contributed by atoms with E-state index in [2.05, 4.69) is 24.1 Å². The summed E-state index contributed by atoms with van der Waals surface area (Å²) in [4.78, 5) is 3.72. The lowest BCUT2D eigenvalue weighted by molar-refractivity contribution is 0.0386. The standard InChI is InChI=1S/C11H15FN2O/c1-11(2)4-9(14-11)10(15)7-3-8(12)6-13-5-7/h3,5-6,9-10,14-15H,4H2,1-2H3/t9-,10-/m0/s1. The van der Waals surface area contributed by atoms with Crippen molar-refractivity contribution in [2.24, 2.45) is 0 Å². The normalized spacial score (nSPS) is 25.7. The van der Waals surface area contributed by atoms with Crippen LogP contribution in [0.3, 0.4) is 0 Å². The van der Waals surface area contributed by atoms with E-state index in [1.807, 2.05) is 0 Å². The highest BCUT2D eigenvalue weighted by molar-refractivity contribution is 5.17. The van der Waals surface area contributed by atoms with Crippen LogP contribution in [0.1, 0.15) is 31.9 Å². The lowest BCUT2D eigenvalue weighted by atomic mass is 9.81. The second-order valence-electron chi connectivity index (χ2n) is 4.72. The molecular formula is C11H15FN2O. The van der Waals surface area contributed by atoms with Gasteiger partial charge in [0.15, 0.2) is 0 Å². The number of nitrogens with one attached hydrogen (secondary N) is 1. The van der Waals surface area contributed by atoms with Crippen LogP contribution >= 0.6 is 0 Å². The largest absolute Gasteiger partial charge is 0.387 e. The van der Waals surface area contributed by atoms with Crippen molar-refractivity contribution in [3.63, 3.8) is 0 Å². The van der Waals surface area contributed by atoms with Crippen molar-refractivity contribution in [2.45, 2.75) is 38.0 Å². The average molecular weight is 210 g/mol. The summed E-state index contributed by atoms with van der Waals surface area (Å²) in [6, 6.07) is 1.33. The number of aliphatic hydroxyl groups excluding tert-OH is 1. The molecule has 2 atom stereocenters. The Bertz CT molecular complexity index is 359. The molecular weight excluding hydrogens is 195 g/mol. The van der Waals surface area contributed by atoms with Crippen LogP contribution in [0, 0.1) is 5.82 Å². The van der Waals surface area contributed by atoms with E-state index in [0.29, 0.717) is 5.56 Å². The zero-order chi connectivity index (χ0) is 11.1. The van der Waals surface area contributed by atoms with E-state index in [-0.39, 0.29) is 11.6 Å². The molecule has 2 heterocycles. The van der Waals surface area contributed by atoms with Gasteiger partial charge in [0.25, 0.3) is 0 Å². The third kappa shape index (κ3) is 2.16. The topological polar surface area (TPSA) is 45.2 Å². The summed E-state index contributed by atoms with van der Waals surface area (Å²) in [6.07, 6.45) is 2.83. The summed E-state index contributed by atoms with van der Waals surface area (Å²) in [5.74, 6) is -0.412. The molecule has 1 aliphatic heterocycles. The van der Waals surface area contributed by atoms with Crippen molar-refractivity contribution in [2.75, 3.05) is 0 Å². The fraction of sp³-hybridized carbons (Fsp3) is 0.545. The predicted molar refractivity (Wildman–Crippen MR) is 54.8 cm³/mol. The van der Waals surface area contributed by atoms with Gasteiger partial charge in [0.1, 0.15) is 5.82 Å². The van der Waals surface area contributed by atoms with Gasteiger partial charge in [-0.05, 0) is 26.3 Å². The van der Waals surface area contributed by atoms with E-state index in [1.54, 1.807) is 0 Å². The van der Waals surface area contributed by atoms with Crippen molar-refractivity contribution in [1.82, 2.24) is 10.3 Å². The minimum absolute atomic E-state index is 0.00333. The van der Waals surface area contributed by atoms with E-state index >= 15 is 0 Å². The number of pyridine rings is 1. The van der Waals surface area contributed by atoms with Gasteiger partial charge in [-0.15, -0.1) is 0 Å². The monoisotopic (exact) mass is 210 g/mol. The Kier molecular flexibility index (Phi) is 2.48. The third-order valence-electron chi connectivity index (χ3n) is 2.76. The zero-order valence-electron chi connectivity index (χ0n) is 8.87. The molecule has 82 valence electrons. The van der Waals surface area contributed by atoms with Crippen LogP contribution in [0.2, 0.25) is 0 Å². The Balaban J connectivity index is 2.06. The first-order valence-corrected chi connectivity index (χ1v) is 5.04. The molecule has 0 aliphatic carbocycles. The molecule has 0 amide bonds. The molecule has 1 aromatic rings. The van der Waals surface area contributed by atoms with Gasteiger partial charge >= 0.3 is 0 Å². The van der Waals surface area contributed by atoms with Crippen LogP contribution in [0.25, 0.3) is 0 Å². The molecule has 0 spiro atoms. The number of rotatable bonds is 2. The first-order valence-electron chi connectivity index (χ1n) is 5.04. The first kappa shape index (κ1) is 10.5. The molecule has 2 rings (SSSR count). The van der Waals surface area contributed by atoms with E-state index in [0.717, 1.165) is 12.6 Å². The molecule has 2 N–H and O–H groups in total. The second kappa shape index (κ2) is 3.54. The average Bonchev–Trinajstić information content (AvgIpc) is 2.13. The number of nitrogens with zero attached hydrogens (tertiary/aromatic N) is 1. The quantitative estimate of drug-likeness (QED) is 0.775. The molecule has 0 radical (unpaired) electrons. The molecule has 1 aliphatic rings. The Morgan fingerprint density at radius 1 is 1.60 bits per heavy atom. The molecule has 0 aromatic carbocycles. The van der Waals surface area contributed by atoms with Crippen molar-refractivity contribution in [1.29, 1.82) is 0 Å². The lowest BCUT2D eigenvalue weighted by Crippen LogP contribution is -2.61. The zero-order valence-corrected chi connectivity index (χ0v) is 8.87. The van der Waals surface area contributed by atoms with Crippen LogP contribution in [0.15, 0.2) is 18.5 Å². The maximum absolute atomic E-state index is 12.9. The van der Waals surface area contributed by atoms with Gasteiger partial charge in [-0.3, -0.25) is 4.98 Å². The smallest absolute Gasteiger partial charge is 0.141 e.